The first-order valence-electron chi connectivity index (χ1n) is 10.1. The molecule has 0 aromatic carbocycles. The highest BCUT2D eigenvalue weighted by molar-refractivity contribution is 7.93. The lowest BCUT2D eigenvalue weighted by Gasteiger charge is -2.34. The second kappa shape index (κ2) is 10.4. The monoisotopic (exact) mass is 483 g/mol. The maximum Gasteiger partial charge on any atom is 0.267 e. The number of hydrogen-bond donors (Lipinski definition) is 2. The first-order valence-corrected chi connectivity index (χ1v) is 12.5. The molecule has 2 N–H and O–H groups in total. The Morgan fingerprint density at radius 1 is 1.25 bits per heavy atom. The van der Waals surface area contributed by atoms with E-state index in [0.29, 0.717) is 19.0 Å². The number of aromatic nitrogens is 2. The number of likely N-dealkylation sites (N-methyl/N-ethyl adjacent to an activating group) is 2. The maximum atomic E-state index is 12.9. The highest BCUT2D eigenvalue weighted by Gasteiger charge is 2.24. The molecule has 0 bridgehead atoms. The van der Waals surface area contributed by atoms with Crippen LogP contribution in [0.15, 0.2) is 21.9 Å². The Morgan fingerprint density at radius 2 is 1.97 bits per heavy atom. The number of piperazine rings is 1. The zero-order valence-corrected chi connectivity index (χ0v) is 20.3. The molecule has 1 aliphatic heterocycles. The van der Waals surface area contributed by atoms with Crippen LogP contribution < -0.4 is 19.7 Å². The Hall–Kier alpha value is -2.48. The third-order valence-corrected chi connectivity index (χ3v) is 7.07. The summed E-state index contributed by atoms with van der Waals surface area (Å²) in [6, 6.07) is 0. The van der Waals surface area contributed by atoms with Crippen LogP contribution >= 0.6 is 11.3 Å². The van der Waals surface area contributed by atoms with Gasteiger partial charge in [0, 0.05) is 50.4 Å². The van der Waals surface area contributed by atoms with E-state index >= 15 is 0 Å². The lowest BCUT2D eigenvalue weighted by atomic mass is 10.3. The van der Waals surface area contributed by atoms with E-state index in [1.807, 2.05) is 19.0 Å². The topological polar surface area (TPSA) is 120 Å². The first-order chi connectivity index (χ1) is 15.2. The summed E-state index contributed by atoms with van der Waals surface area (Å²) in [6.07, 6.45) is 1.59. The highest BCUT2D eigenvalue weighted by Crippen LogP contribution is 2.30. The van der Waals surface area contributed by atoms with E-state index in [0.717, 1.165) is 31.9 Å². The molecule has 0 atom stereocenters. The number of hydrogen-bond acceptors (Lipinski definition) is 10. The van der Waals surface area contributed by atoms with Crippen LogP contribution in [0.25, 0.3) is 0 Å². The second-order valence-corrected chi connectivity index (χ2v) is 10.2. The van der Waals surface area contributed by atoms with Crippen molar-refractivity contribution in [3.8, 4) is 5.88 Å². The first kappa shape index (κ1) is 24.2. The maximum absolute atomic E-state index is 12.9. The minimum atomic E-state index is -4.01. The number of amides is 1. The van der Waals surface area contributed by atoms with Crippen molar-refractivity contribution in [1.82, 2.24) is 19.8 Å². The van der Waals surface area contributed by atoms with E-state index in [2.05, 4.69) is 36.9 Å². The van der Waals surface area contributed by atoms with E-state index in [-0.39, 0.29) is 22.4 Å². The molecule has 1 aliphatic rings. The summed E-state index contributed by atoms with van der Waals surface area (Å²) >= 11 is 1.17. The average Bonchev–Trinajstić information content (AvgIpc) is 3.17. The third kappa shape index (κ3) is 6.28. The van der Waals surface area contributed by atoms with Gasteiger partial charge in [0.05, 0.1) is 11.9 Å². The van der Waals surface area contributed by atoms with Gasteiger partial charge in [-0.1, -0.05) is 0 Å². The Morgan fingerprint density at radius 3 is 2.62 bits per heavy atom. The summed E-state index contributed by atoms with van der Waals surface area (Å²) in [5.41, 5.74) is 0.945. The largest absolute Gasteiger partial charge is 0.475 e. The van der Waals surface area contributed by atoms with Crippen LogP contribution in [0.4, 0.5) is 17.3 Å². The van der Waals surface area contributed by atoms with Crippen LogP contribution in [0.3, 0.4) is 0 Å². The lowest BCUT2D eigenvalue weighted by Crippen LogP contribution is -2.44. The SMILES string of the molecule is CC(=O)Nc1cscc1S(=O)(=O)Nc1ncc(N2CCN(C)CC2)c(OCCN(C)C)n1. The Labute approximate surface area is 192 Å². The molecule has 11 nitrogen and oxygen atoms in total. The van der Waals surface area contributed by atoms with Crippen LogP contribution in [-0.2, 0) is 14.8 Å². The Kier molecular flexibility index (Phi) is 7.87. The van der Waals surface area contributed by atoms with Gasteiger partial charge in [-0.3, -0.25) is 4.79 Å². The van der Waals surface area contributed by atoms with Crippen molar-refractivity contribution in [2.75, 3.05) is 75.4 Å². The molecule has 0 radical (unpaired) electrons. The molecular weight excluding hydrogens is 454 g/mol. The molecule has 0 saturated carbocycles. The number of carbonyl (C=O) groups is 1. The van der Waals surface area contributed by atoms with Crippen molar-refractivity contribution in [2.45, 2.75) is 11.8 Å². The van der Waals surface area contributed by atoms with Crippen LogP contribution in [0.1, 0.15) is 6.92 Å². The summed E-state index contributed by atoms with van der Waals surface area (Å²) in [5, 5.41) is 5.53. The number of thiophene rings is 1. The zero-order valence-electron chi connectivity index (χ0n) is 18.7. The van der Waals surface area contributed by atoms with Crippen molar-refractivity contribution in [2.24, 2.45) is 0 Å². The zero-order chi connectivity index (χ0) is 23.3. The van der Waals surface area contributed by atoms with Crippen LogP contribution in [-0.4, -0.2) is 94.6 Å². The number of carbonyl (C=O) groups excluding carboxylic acids is 1. The molecular formula is C19H29N7O4S2. The Balaban J connectivity index is 1.85. The van der Waals surface area contributed by atoms with Crippen LogP contribution in [0.5, 0.6) is 5.88 Å². The second-order valence-electron chi connectivity index (χ2n) is 7.76. The molecule has 3 rings (SSSR count). The van der Waals surface area contributed by atoms with Crippen LogP contribution in [0.2, 0.25) is 0 Å². The number of ether oxygens (including phenoxy) is 1. The Bertz CT molecular complexity index is 1030. The van der Waals surface area contributed by atoms with Crippen molar-refractivity contribution in [1.29, 1.82) is 0 Å². The summed E-state index contributed by atoms with van der Waals surface area (Å²) in [4.78, 5) is 26.3. The van der Waals surface area contributed by atoms with Gasteiger partial charge in [0.15, 0.2) is 0 Å². The fourth-order valence-electron chi connectivity index (χ4n) is 3.05. The van der Waals surface area contributed by atoms with Crippen molar-refractivity contribution in [3.63, 3.8) is 0 Å². The molecule has 176 valence electrons. The quantitative estimate of drug-likeness (QED) is 0.538. The molecule has 32 heavy (non-hydrogen) atoms. The third-order valence-electron chi connectivity index (χ3n) is 4.81. The van der Waals surface area contributed by atoms with Gasteiger partial charge in [-0.05, 0) is 21.1 Å². The van der Waals surface area contributed by atoms with E-state index in [1.165, 1.54) is 23.6 Å². The molecule has 13 heteroatoms. The van der Waals surface area contributed by atoms with Crippen molar-refractivity contribution >= 4 is 44.6 Å². The minimum absolute atomic E-state index is 0.0421. The van der Waals surface area contributed by atoms with Gasteiger partial charge in [-0.15, -0.1) is 11.3 Å². The van der Waals surface area contributed by atoms with Gasteiger partial charge in [0.25, 0.3) is 10.0 Å². The number of sulfonamides is 1. The highest BCUT2D eigenvalue weighted by atomic mass is 32.2. The van der Waals surface area contributed by atoms with Gasteiger partial charge < -0.3 is 24.8 Å². The van der Waals surface area contributed by atoms with E-state index in [1.54, 1.807) is 11.6 Å². The average molecular weight is 484 g/mol. The molecule has 2 aromatic rings. The molecule has 1 fully saturated rings. The standard InChI is InChI=1S/C19H29N7O4S2/c1-14(27)21-15-12-31-13-17(15)32(28,29)23-19-20-11-16(26-7-5-25(4)6-8-26)18(22-19)30-10-9-24(2)3/h11-13H,5-10H2,1-4H3,(H,21,27)(H,20,22,23). The minimum Gasteiger partial charge on any atom is -0.475 e. The van der Waals surface area contributed by atoms with E-state index < -0.39 is 10.0 Å². The smallest absolute Gasteiger partial charge is 0.267 e. The summed E-state index contributed by atoms with van der Waals surface area (Å²) in [7, 11) is 1.95. The molecule has 2 aromatic heterocycles. The van der Waals surface area contributed by atoms with Gasteiger partial charge in [-0.2, -0.15) is 4.98 Å². The molecule has 0 spiro atoms. The number of rotatable bonds is 9. The van der Waals surface area contributed by atoms with E-state index in [9.17, 15) is 13.2 Å². The number of anilines is 3. The summed E-state index contributed by atoms with van der Waals surface area (Å²) in [6.45, 7) is 5.79. The van der Waals surface area contributed by atoms with E-state index in [4.69, 9.17) is 4.74 Å². The molecule has 0 aliphatic carbocycles. The van der Waals surface area contributed by atoms with Gasteiger partial charge in [0.1, 0.15) is 17.2 Å². The van der Waals surface area contributed by atoms with Gasteiger partial charge in [-0.25, -0.2) is 18.1 Å². The van der Waals surface area contributed by atoms with Gasteiger partial charge >= 0.3 is 0 Å². The van der Waals surface area contributed by atoms with Crippen molar-refractivity contribution in [3.05, 3.63) is 17.0 Å². The summed E-state index contributed by atoms with van der Waals surface area (Å²) < 4.78 is 34.1. The van der Waals surface area contributed by atoms with Crippen LogP contribution in [0, 0.1) is 0 Å². The fraction of sp³-hybridized carbons (Fsp3) is 0.526. The molecule has 1 saturated heterocycles. The van der Waals surface area contributed by atoms with Crippen molar-refractivity contribution < 1.29 is 17.9 Å². The lowest BCUT2D eigenvalue weighted by molar-refractivity contribution is -0.114. The number of nitrogens with one attached hydrogen (secondary N) is 2. The molecule has 0 unspecified atom stereocenters. The summed E-state index contributed by atoms with van der Waals surface area (Å²) in [5.74, 6) is -0.122. The normalized spacial score (nSPS) is 15.1. The predicted octanol–water partition coefficient (Wildman–Crippen LogP) is 0.990. The molecule has 1 amide bonds. The number of nitrogens with zero attached hydrogens (tertiary/aromatic N) is 5. The van der Waals surface area contributed by atoms with Gasteiger partial charge in [0.2, 0.25) is 17.7 Å². The molecule has 3 heterocycles. The predicted molar refractivity (Wildman–Crippen MR) is 125 cm³/mol. The fourth-order valence-corrected chi connectivity index (χ4v) is 5.29.